The van der Waals surface area contributed by atoms with Crippen LogP contribution in [0.25, 0.3) is 28.3 Å². The van der Waals surface area contributed by atoms with E-state index in [1.54, 1.807) is 0 Å². The summed E-state index contributed by atoms with van der Waals surface area (Å²) in [5.74, 6) is 0.975. The smallest absolute Gasteiger partial charge is 0.254 e. The summed E-state index contributed by atoms with van der Waals surface area (Å²) in [6.07, 6.45) is 6.97. The van der Waals surface area contributed by atoms with Gasteiger partial charge in [0.15, 0.2) is 5.82 Å². The third-order valence-corrected chi connectivity index (χ3v) is 7.02. The number of nitrogens with zero attached hydrogens (tertiary/aromatic N) is 6. The Hall–Kier alpha value is -4.15. The molecule has 7 heteroatoms. The van der Waals surface area contributed by atoms with Crippen molar-refractivity contribution in [2.75, 3.05) is 27.2 Å². The molecule has 1 saturated heterocycles. The van der Waals surface area contributed by atoms with Crippen LogP contribution in [0.4, 0.5) is 0 Å². The molecule has 2 aromatic heterocycles. The summed E-state index contributed by atoms with van der Waals surface area (Å²) in [6, 6.07) is 18.3. The fourth-order valence-corrected chi connectivity index (χ4v) is 5.16. The van der Waals surface area contributed by atoms with Gasteiger partial charge in [-0.05, 0) is 68.0 Å². The van der Waals surface area contributed by atoms with Crippen molar-refractivity contribution in [1.82, 2.24) is 23.9 Å². The van der Waals surface area contributed by atoms with Gasteiger partial charge >= 0.3 is 0 Å². The van der Waals surface area contributed by atoms with Crippen molar-refractivity contribution in [2.45, 2.75) is 19.0 Å². The lowest BCUT2D eigenvalue weighted by Gasteiger charge is -2.42. The number of amides is 1. The number of aromatic nitrogens is 3. The van der Waals surface area contributed by atoms with Gasteiger partial charge in [-0.1, -0.05) is 12.1 Å². The molecule has 6 rings (SSSR count). The molecule has 1 fully saturated rings. The molecule has 2 aromatic carbocycles. The van der Waals surface area contributed by atoms with Crippen LogP contribution in [0.15, 0.2) is 67.1 Å². The molecule has 0 saturated carbocycles. The molecule has 4 heterocycles. The molecule has 0 unspecified atom stereocenters. The van der Waals surface area contributed by atoms with E-state index >= 15 is 0 Å². The Bertz CT molecular complexity index is 1470. The Kier molecular flexibility index (Phi) is 5.05. The maximum absolute atomic E-state index is 13.3. The highest BCUT2D eigenvalue weighted by Gasteiger charge is 2.33. The second-order valence-electron chi connectivity index (χ2n) is 9.60. The topological polar surface area (TPSA) is 70.1 Å². The Labute approximate surface area is 204 Å². The zero-order valence-corrected chi connectivity index (χ0v) is 19.8. The standard InChI is InChI=1S/C28H26N6O/c1-31(2)18-24-9-11-33(24)28(35)21-7-8-25-23(13-21)17-32-16-22(20-5-3-19(15-29)4-6-20)14-26(32)27-30-10-12-34(25)27/h3-8,10,12-14,16,24H,9,11,17-18H2,1-2H3/t24-/m0/s1. The number of likely N-dealkylation sites (N-methyl/N-ethyl adjacent to an activating group) is 1. The van der Waals surface area contributed by atoms with E-state index in [0.29, 0.717) is 12.1 Å². The minimum absolute atomic E-state index is 0.104. The highest BCUT2D eigenvalue weighted by molar-refractivity contribution is 5.95. The van der Waals surface area contributed by atoms with E-state index in [1.165, 1.54) is 0 Å². The molecule has 0 N–H and O–H groups in total. The van der Waals surface area contributed by atoms with E-state index in [9.17, 15) is 4.79 Å². The molecule has 1 amide bonds. The van der Waals surface area contributed by atoms with Crippen molar-refractivity contribution >= 4 is 5.91 Å². The summed E-state index contributed by atoms with van der Waals surface area (Å²) in [5, 5.41) is 9.12. The van der Waals surface area contributed by atoms with Crippen LogP contribution in [0, 0.1) is 11.3 Å². The van der Waals surface area contributed by atoms with E-state index in [0.717, 1.165) is 59.0 Å². The molecule has 0 radical (unpaired) electrons. The summed E-state index contributed by atoms with van der Waals surface area (Å²) in [4.78, 5) is 22.1. The molecule has 2 aliphatic heterocycles. The minimum Gasteiger partial charge on any atom is -0.340 e. The SMILES string of the molecule is CN(C)C[C@@H]1CCN1C(=O)c1ccc2c(c1)Cn1cc(-c3ccc(C#N)cc3)cc1-c1nccn1-2. The van der Waals surface area contributed by atoms with E-state index < -0.39 is 0 Å². The monoisotopic (exact) mass is 462 g/mol. The molecule has 174 valence electrons. The number of carbonyl (C=O) groups is 1. The quantitative estimate of drug-likeness (QED) is 0.405. The fourth-order valence-electron chi connectivity index (χ4n) is 5.16. The van der Waals surface area contributed by atoms with E-state index in [-0.39, 0.29) is 11.9 Å². The first kappa shape index (κ1) is 21.4. The number of rotatable bonds is 4. The van der Waals surface area contributed by atoms with Crippen molar-refractivity contribution in [3.05, 3.63) is 83.8 Å². The van der Waals surface area contributed by atoms with Crippen molar-refractivity contribution in [2.24, 2.45) is 0 Å². The first-order chi connectivity index (χ1) is 17.0. The molecule has 0 spiro atoms. The fraction of sp³-hybridized carbons (Fsp3) is 0.250. The molecule has 0 aliphatic carbocycles. The minimum atomic E-state index is 0.104. The van der Waals surface area contributed by atoms with Crippen molar-refractivity contribution in [3.8, 4) is 34.4 Å². The van der Waals surface area contributed by atoms with Gasteiger partial charge in [0, 0.05) is 55.4 Å². The largest absolute Gasteiger partial charge is 0.340 e. The number of hydrogen-bond acceptors (Lipinski definition) is 4. The van der Waals surface area contributed by atoms with Gasteiger partial charge in [-0.25, -0.2) is 4.98 Å². The highest BCUT2D eigenvalue weighted by atomic mass is 16.2. The number of fused-ring (bicyclic) bond motifs is 5. The summed E-state index contributed by atoms with van der Waals surface area (Å²) in [5.41, 5.74) is 6.65. The average Bonchev–Trinajstić information content (AvgIpc) is 3.47. The first-order valence-electron chi connectivity index (χ1n) is 11.9. The second-order valence-corrected chi connectivity index (χ2v) is 9.60. The predicted octanol–water partition coefficient (Wildman–Crippen LogP) is 4.02. The van der Waals surface area contributed by atoms with Gasteiger partial charge in [0.2, 0.25) is 0 Å². The third kappa shape index (κ3) is 3.63. The molecule has 4 aromatic rings. The van der Waals surface area contributed by atoms with Gasteiger partial charge < -0.3 is 14.4 Å². The summed E-state index contributed by atoms with van der Waals surface area (Å²) >= 11 is 0. The molecule has 0 bridgehead atoms. The van der Waals surface area contributed by atoms with Gasteiger partial charge in [0.25, 0.3) is 5.91 Å². The summed E-state index contributed by atoms with van der Waals surface area (Å²) in [7, 11) is 4.10. The molecule has 35 heavy (non-hydrogen) atoms. The number of benzene rings is 2. The Balaban J connectivity index is 1.37. The normalized spacial score (nSPS) is 16.1. The van der Waals surface area contributed by atoms with Gasteiger partial charge in [0.05, 0.1) is 23.0 Å². The second kappa shape index (κ2) is 8.26. The lowest BCUT2D eigenvalue weighted by atomic mass is 9.99. The van der Waals surface area contributed by atoms with Crippen LogP contribution in [-0.4, -0.2) is 63.1 Å². The van der Waals surface area contributed by atoms with Crippen LogP contribution in [-0.2, 0) is 6.54 Å². The van der Waals surface area contributed by atoms with Crippen LogP contribution >= 0.6 is 0 Å². The lowest BCUT2D eigenvalue weighted by Crippen LogP contribution is -2.55. The van der Waals surface area contributed by atoms with Crippen molar-refractivity contribution in [1.29, 1.82) is 5.26 Å². The van der Waals surface area contributed by atoms with Crippen LogP contribution in [0.1, 0.15) is 27.9 Å². The number of carbonyl (C=O) groups excluding carboxylic acids is 1. The number of nitriles is 1. The van der Waals surface area contributed by atoms with Gasteiger partial charge in [0.1, 0.15) is 0 Å². The van der Waals surface area contributed by atoms with Crippen molar-refractivity contribution < 1.29 is 4.79 Å². The highest BCUT2D eigenvalue weighted by Crippen LogP contribution is 2.34. The van der Waals surface area contributed by atoms with E-state index in [4.69, 9.17) is 5.26 Å². The summed E-state index contributed by atoms with van der Waals surface area (Å²) < 4.78 is 4.30. The Morgan fingerprint density at radius 3 is 2.69 bits per heavy atom. The number of likely N-dealkylation sites (tertiary alicyclic amines) is 1. The Morgan fingerprint density at radius 2 is 1.97 bits per heavy atom. The van der Waals surface area contributed by atoms with Crippen LogP contribution in [0.3, 0.4) is 0 Å². The molecular weight excluding hydrogens is 436 g/mol. The number of imidazole rings is 1. The number of hydrogen-bond donors (Lipinski definition) is 0. The van der Waals surface area contributed by atoms with E-state index in [1.807, 2.05) is 73.9 Å². The lowest BCUT2D eigenvalue weighted by molar-refractivity contribution is 0.0403. The van der Waals surface area contributed by atoms with Gasteiger partial charge in [-0.15, -0.1) is 0 Å². The molecule has 2 aliphatic rings. The van der Waals surface area contributed by atoms with Crippen molar-refractivity contribution in [3.63, 3.8) is 0 Å². The maximum Gasteiger partial charge on any atom is 0.254 e. The average molecular weight is 463 g/mol. The summed E-state index contributed by atoms with van der Waals surface area (Å²) in [6.45, 7) is 2.35. The zero-order valence-electron chi connectivity index (χ0n) is 19.8. The molecule has 7 nitrogen and oxygen atoms in total. The third-order valence-electron chi connectivity index (χ3n) is 7.02. The maximum atomic E-state index is 13.3. The van der Waals surface area contributed by atoms with Gasteiger partial charge in [-0.3, -0.25) is 9.36 Å². The zero-order chi connectivity index (χ0) is 24.1. The molecular formula is C28H26N6O. The first-order valence-corrected chi connectivity index (χ1v) is 11.9. The van der Waals surface area contributed by atoms with Crippen LogP contribution < -0.4 is 0 Å². The van der Waals surface area contributed by atoms with E-state index in [2.05, 4.69) is 37.4 Å². The molecule has 1 atom stereocenters. The predicted molar refractivity (Wildman–Crippen MR) is 134 cm³/mol. The van der Waals surface area contributed by atoms with Crippen LogP contribution in [0.5, 0.6) is 0 Å². The van der Waals surface area contributed by atoms with Gasteiger partial charge in [-0.2, -0.15) is 5.26 Å². The Morgan fingerprint density at radius 1 is 1.14 bits per heavy atom. The van der Waals surface area contributed by atoms with Crippen LogP contribution in [0.2, 0.25) is 0 Å².